The van der Waals surface area contributed by atoms with Gasteiger partial charge in [0.05, 0.1) is 40.3 Å². The molecule has 33 heavy (non-hydrogen) atoms. The van der Waals surface area contributed by atoms with E-state index in [2.05, 4.69) is 27.7 Å². The number of rotatable bonds is 8. The fourth-order valence-corrected chi connectivity index (χ4v) is 7.03. The largest absolute Gasteiger partial charge is 0.353 e. The van der Waals surface area contributed by atoms with Crippen LogP contribution in [0.2, 0.25) is 0 Å². The van der Waals surface area contributed by atoms with Crippen LogP contribution >= 0.6 is 116 Å². The smallest absolute Gasteiger partial charge is 0.128 e. The first-order chi connectivity index (χ1) is 15.1. The quantitative estimate of drug-likeness (QED) is 0.236. The molecular weight excluding hydrogens is 635 g/mol. The van der Waals surface area contributed by atoms with Crippen molar-refractivity contribution in [1.82, 2.24) is 0 Å². The van der Waals surface area contributed by atoms with E-state index >= 15 is 0 Å². The van der Waals surface area contributed by atoms with Crippen LogP contribution in [0.3, 0.4) is 0 Å². The van der Waals surface area contributed by atoms with Crippen molar-refractivity contribution in [2.24, 2.45) is 11.8 Å². The van der Waals surface area contributed by atoms with Gasteiger partial charge in [-0.2, -0.15) is 0 Å². The minimum absolute atomic E-state index is 0.0517. The highest BCUT2D eigenvalue weighted by atomic mass is 35.5. The molecule has 0 aromatic carbocycles. The fraction of sp³-hybridized carbons (Fsp3) is 0.636. The van der Waals surface area contributed by atoms with Crippen LogP contribution in [0, 0.1) is 11.8 Å². The lowest BCUT2D eigenvalue weighted by molar-refractivity contribution is -0.119. The van der Waals surface area contributed by atoms with Gasteiger partial charge in [-0.15, -0.1) is 23.2 Å². The van der Waals surface area contributed by atoms with Gasteiger partial charge in [-0.3, -0.25) is 0 Å². The van der Waals surface area contributed by atoms with Crippen molar-refractivity contribution in [3.05, 3.63) is 40.3 Å². The third-order valence-corrected chi connectivity index (χ3v) is 11.1. The molecule has 0 aromatic rings. The number of hydrogen-bond acceptors (Lipinski definition) is 1. The molecule has 0 spiro atoms. The summed E-state index contributed by atoms with van der Waals surface area (Å²) in [5.41, 5.74) is -2.80. The average Bonchev–Trinajstić information content (AvgIpc) is 2.77. The van der Waals surface area contributed by atoms with Crippen LogP contribution in [0.25, 0.3) is 0 Å². The average molecular weight is 659 g/mol. The lowest BCUT2D eigenvalue weighted by atomic mass is 9.81. The van der Waals surface area contributed by atoms with Crippen LogP contribution in [0.1, 0.15) is 53.4 Å². The normalized spacial score (nSPS) is 31.6. The van der Waals surface area contributed by atoms with E-state index in [4.69, 9.17) is 121 Å². The molecule has 0 N–H and O–H groups in total. The Morgan fingerprint density at radius 2 is 0.909 bits per heavy atom. The summed E-state index contributed by atoms with van der Waals surface area (Å²) in [7, 11) is 0. The molecule has 1 nitrogen and oxygen atoms in total. The number of halogens is 10. The van der Waals surface area contributed by atoms with Crippen LogP contribution in [-0.4, -0.2) is 22.0 Å². The van der Waals surface area contributed by atoms with E-state index in [1.165, 1.54) is 0 Å². The molecule has 0 aliphatic heterocycles. The summed E-state index contributed by atoms with van der Waals surface area (Å²) < 4.78 is 6.87. The molecule has 11 heteroatoms. The summed E-state index contributed by atoms with van der Waals surface area (Å²) in [5, 5.41) is -1.25. The Hall–Kier alpha value is 1.82. The van der Waals surface area contributed by atoms with Gasteiger partial charge in [-0.1, -0.05) is 121 Å². The van der Waals surface area contributed by atoms with Gasteiger partial charge in [0.15, 0.2) is 0 Å². The molecule has 2 aliphatic carbocycles. The SMILES string of the molecule is CC(C)CCC1(OC2(CCC(C)C)C(Cl)=C(Cl)C(Cl)=C(Cl)C2Cl)C(Cl)=C(Cl)C(Cl)=C(Cl)C1Cl. The van der Waals surface area contributed by atoms with Crippen molar-refractivity contribution in [3.8, 4) is 0 Å². The van der Waals surface area contributed by atoms with Gasteiger partial charge in [0.25, 0.3) is 0 Å². The van der Waals surface area contributed by atoms with Crippen molar-refractivity contribution in [1.29, 1.82) is 0 Å². The number of alkyl halides is 2. The standard InChI is InChI=1S/C22H24Cl10O/c1-9(2)5-7-21(17(29)13(25)11(23)14(26)18(21)30)33-22(8-6-10(3)4)19(31)15(27)12(24)16(28)20(22)32/h9-10,17,19H,5-8H2,1-4H3. The van der Waals surface area contributed by atoms with Crippen molar-refractivity contribution in [3.63, 3.8) is 0 Å². The van der Waals surface area contributed by atoms with Gasteiger partial charge in [-0.05, 0) is 37.5 Å². The fourth-order valence-electron chi connectivity index (χ4n) is 3.73. The summed E-state index contributed by atoms with van der Waals surface area (Å²) >= 11 is 66.1. The zero-order valence-electron chi connectivity index (χ0n) is 18.3. The lowest BCUT2D eigenvalue weighted by Gasteiger charge is -2.50. The van der Waals surface area contributed by atoms with Gasteiger partial charge in [0.2, 0.25) is 0 Å². The summed E-state index contributed by atoms with van der Waals surface area (Å²) in [6, 6.07) is 0. The summed E-state index contributed by atoms with van der Waals surface area (Å²) in [6.07, 6.45) is 2.08. The molecule has 2 aliphatic rings. The third-order valence-electron chi connectivity index (χ3n) is 5.75. The van der Waals surface area contributed by atoms with Crippen molar-refractivity contribution >= 4 is 116 Å². The Balaban J connectivity index is 2.78. The maximum atomic E-state index is 6.89. The van der Waals surface area contributed by atoms with E-state index in [0.717, 1.165) is 0 Å². The Morgan fingerprint density at radius 3 is 1.18 bits per heavy atom. The molecule has 0 saturated heterocycles. The van der Waals surface area contributed by atoms with E-state index in [1.54, 1.807) is 0 Å². The Morgan fingerprint density at radius 1 is 0.606 bits per heavy atom. The summed E-state index contributed by atoms with van der Waals surface area (Å²) in [6.45, 7) is 8.25. The molecule has 4 unspecified atom stereocenters. The Labute approximate surface area is 246 Å². The highest BCUT2D eigenvalue weighted by molar-refractivity contribution is 6.55. The first kappa shape index (κ1) is 31.0. The van der Waals surface area contributed by atoms with Crippen LogP contribution in [0.15, 0.2) is 40.3 Å². The third kappa shape index (κ3) is 5.96. The summed E-state index contributed by atoms with van der Waals surface area (Å²) in [5.74, 6) is 0.574. The molecule has 2 rings (SSSR count). The molecule has 0 fully saturated rings. The van der Waals surface area contributed by atoms with E-state index in [9.17, 15) is 0 Å². The molecule has 0 saturated carbocycles. The van der Waals surface area contributed by atoms with Crippen LogP contribution in [-0.2, 0) is 4.74 Å². The van der Waals surface area contributed by atoms with Gasteiger partial charge < -0.3 is 4.74 Å². The van der Waals surface area contributed by atoms with Crippen LogP contribution in [0.4, 0.5) is 0 Å². The molecule has 0 bridgehead atoms. The van der Waals surface area contributed by atoms with Gasteiger partial charge in [0, 0.05) is 0 Å². The minimum Gasteiger partial charge on any atom is -0.353 e. The molecule has 0 heterocycles. The maximum absolute atomic E-state index is 6.89. The predicted molar refractivity (Wildman–Crippen MR) is 149 cm³/mol. The van der Waals surface area contributed by atoms with Crippen LogP contribution in [0.5, 0.6) is 0 Å². The van der Waals surface area contributed by atoms with E-state index in [-0.39, 0.29) is 52.1 Å². The maximum Gasteiger partial charge on any atom is 0.128 e. The van der Waals surface area contributed by atoms with Crippen molar-refractivity contribution in [2.75, 3.05) is 0 Å². The van der Waals surface area contributed by atoms with Crippen molar-refractivity contribution in [2.45, 2.75) is 75.3 Å². The molecule has 0 aromatic heterocycles. The predicted octanol–water partition coefficient (Wildman–Crippen LogP) is 11.4. The highest BCUT2D eigenvalue weighted by Gasteiger charge is 2.58. The Bertz CT molecular complexity index is 831. The van der Waals surface area contributed by atoms with E-state index in [0.29, 0.717) is 25.7 Å². The second-order valence-corrected chi connectivity index (χ2v) is 13.0. The molecular formula is C22H24Cl10O. The lowest BCUT2D eigenvalue weighted by Crippen LogP contribution is -2.57. The monoisotopic (exact) mass is 654 g/mol. The van der Waals surface area contributed by atoms with E-state index in [1.807, 2.05) is 0 Å². The van der Waals surface area contributed by atoms with Crippen molar-refractivity contribution < 1.29 is 4.74 Å². The molecule has 0 amide bonds. The highest BCUT2D eigenvalue weighted by Crippen LogP contribution is 2.58. The topological polar surface area (TPSA) is 9.23 Å². The molecule has 0 radical (unpaired) electrons. The zero-order valence-corrected chi connectivity index (χ0v) is 25.9. The van der Waals surface area contributed by atoms with Gasteiger partial charge in [0.1, 0.15) is 22.0 Å². The van der Waals surface area contributed by atoms with Crippen LogP contribution < -0.4 is 0 Å². The minimum atomic E-state index is -1.40. The number of ether oxygens (including phenoxy) is 1. The Kier molecular flexibility index (Phi) is 11.4. The number of hydrogen-bond donors (Lipinski definition) is 0. The van der Waals surface area contributed by atoms with Gasteiger partial charge in [-0.25, -0.2) is 0 Å². The molecule has 188 valence electrons. The first-order valence-corrected chi connectivity index (χ1v) is 14.2. The molecule has 4 atom stereocenters. The van der Waals surface area contributed by atoms with Gasteiger partial charge >= 0.3 is 0 Å². The second-order valence-electron chi connectivity index (χ2n) is 9.05. The second kappa shape index (κ2) is 12.1. The van der Waals surface area contributed by atoms with E-state index < -0.39 is 22.0 Å². The zero-order chi connectivity index (χ0) is 25.5. The summed E-state index contributed by atoms with van der Waals surface area (Å²) in [4.78, 5) is 0. The first-order valence-electron chi connectivity index (χ1n) is 10.3. The number of allylic oxidation sites excluding steroid dienone is 4.